The first-order valence-corrected chi connectivity index (χ1v) is 3.12. The van der Waals surface area contributed by atoms with Crippen LogP contribution in [0.5, 0.6) is 0 Å². The smallest absolute Gasteiger partial charge is 0.328 e. The number of nitrogens with two attached hydrogens (primary N) is 1. The summed E-state index contributed by atoms with van der Waals surface area (Å²) < 4.78 is 13.1. The van der Waals surface area contributed by atoms with Gasteiger partial charge in [0, 0.05) is 0 Å². The molecule has 0 spiro atoms. The van der Waals surface area contributed by atoms with Gasteiger partial charge in [-0.1, -0.05) is 13.8 Å². The first-order chi connectivity index (χ1) is 3.65. The molecule has 8 heavy (non-hydrogen) atoms. The lowest BCUT2D eigenvalue weighted by molar-refractivity contribution is 0.433. The first-order valence-electron chi connectivity index (χ1n) is 2.30. The monoisotopic (exact) mass is 138 g/mol. The molecular formula is C4H13NO2P+. The Labute approximate surface area is 51.5 Å². The van der Waals surface area contributed by atoms with Crippen molar-refractivity contribution >= 4 is 8.69 Å². The highest BCUT2D eigenvalue weighted by atomic mass is 31.1. The summed E-state index contributed by atoms with van der Waals surface area (Å²) in [4.78, 5) is 0. The molecule has 1 unspecified atom stereocenters. The van der Waals surface area contributed by atoms with Gasteiger partial charge in [0.2, 0.25) is 0 Å². The SMILES string of the molecule is CC(C)N.CO[PH+]=O. The predicted octanol–water partition coefficient (Wildman–Crippen LogP) is 0.925. The predicted molar refractivity (Wildman–Crippen MR) is 35.3 cm³/mol. The molecule has 0 aliphatic rings. The Bertz CT molecular complexity index is 46.5. The molecule has 0 aromatic carbocycles. The molecule has 0 aliphatic carbocycles. The third kappa shape index (κ3) is 146. The fraction of sp³-hybridized carbons (Fsp3) is 1.00. The lowest BCUT2D eigenvalue weighted by Crippen LogP contribution is -2.06. The minimum Gasteiger partial charge on any atom is -0.328 e. The Morgan fingerprint density at radius 1 is 1.62 bits per heavy atom. The summed E-state index contributed by atoms with van der Waals surface area (Å²) >= 11 is 0. The first kappa shape index (κ1) is 10.9. The molecule has 0 aromatic rings. The molecular weight excluding hydrogens is 125 g/mol. The van der Waals surface area contributed by atoms with Crippen molar-refractivity contribution in [2.45, 2.75) is 19.9 Å². The van der Waals surface area contributed by atoms with Crippen LogP contribution in [0.2, 0.25) is 0 Å². The largest absolute Gasteiger partial charge is 0.493 e. The van der Waals surface area contributed by atoms with Gasteiger partial charge in [0.15, 0.2) is 0 Å². The zero-order valence-electron chi connectivity index (χ0n) is 5.47. The van der Waals surface area contributed by atoms with Gasteiger partial charge in [0.05, 0.1) is 7.11 Å². The van der Waals surface area contributed by atoms with Crippen LogP contribution in [-0.2, 0) is 9.09 Å². The standard InChI is InChI=1S/C3H9N.CH4O2P/c1-3(2)4;1-3-4-2/h3H,4H2,1-2H3;4H,1H3/q;+1. The summed E-state index contributed by atoms with van der Waals surface area (Å²) in [6, 6.07) is 0.333. The van der Waals surface area contributed by atoms with E-state index in [1.54, 1.807) is 0 Å². The van der Waals surface area contributed by atoms with Gasteiger partial charge in [0.1, 0.15) is 0 Å². The summed E-state index contributed by atoms with van der Waals surface area (Å²) in [6.07, 6.45) is 0. The molecule has 1 atom stereocenters. The van der Waals surface area contributed by atoms with Gasteiger partial charge in [-0.15, -0.1) is 0 Å². The summed E-state index contributed by atoms with van der Waals surface area (Å²) in [7, 11) is 0.771. The molecule has 0 fully saturated rings. The van der Waals surface area contributed by atoms with Crippen molar-refractivity contribution in [1.29, 1.82) is 0 Å². The third-order valence-corrected chi connectivity index (χ3v) is 0.250. The molecule has 0 amide bonds. The second-order valence-electron chi connectivity index (χ2n) is 1.53. The van der Waals surface area contributed by atoms with E-state index in [9.17, 15) is 0 Å². The van der Waals surface area contributed by atoms with Gasteiger partial charge >= 0.3 is 8.69 Å². The number of hydrogen-bond acceptors (Lipinski definition) is 3. The summed E-state index contributed by atoms with van der Waals surface area (Å²) in [5.41, 5.74) is 5.11. The van der Waals surface area contributed by atoms with Crippen LogP contribution in [0.1, 0.15) is 13.8 Å². The van der Waals surface area contributed by atoms with E-state index < -0.39 is 8.69 Å². The average molecular weight is 138 g/mol. The van der Waals surface area contributed by atoms with Crippen LogP contribution in [0.4, 0.5) is 0 Å². The van der Waals surface area contributed by atoms with Crippen LogP contribution in [0.25, 0.3) is 0 Å². The molecule has 4 heteroatoms. The quantitative estimate of drug-likeness (QED) is 0.548. The second-order valence-corrected chi connectivity index (χ2v) is 2.11. The van der Waals surface area contributed by atoms with Gasteiger partial charge in [-0.05, 0) is 10.6 Å². The van der Waals surface area contributed by atoms with Crippen LogP contribution in [-0.4, -0.2) is 13.2 Å². The van der Waals surface area contributed by atoms with E-state index in [2.05, 4.69) is 4.52 Å². The lowest BCUT2D eigenvalue weighted by atomic mass is 10.5. The molecule has 0 saturated heterocycles. The lowest BCUT2D eigenvalue weighted by Gasteiger charge is -1.81. The van der Waals surface area contributed by atoms with Crippen molar-refractivity contribution in [3.8, 4) is 0 Å². The fourth-order valence-corrected chi connectivity index (χ4v) is 0. The molecule has 2 N–H and O–H groups in total. The van der Waals surface area contributed by atoms with E-state index in [1.807, 2.05) is 13.8 Å². The van der Waals surface area contributed by atoms with Gasteiger partial charge in [-0.3, -0.25) is 0 Å². The Morgan fingerprint density at radius 3 is 1.75 bits per heavy atom. The van der Waals surface area contributed by atoms with E-state index in [1.165, 1.54) is 7.11 Å². The average Bonchev–Trinajstić information content (AvgIpc) is 1.65. The van der Waals surface area contributed by atoms with E-state index in [0.29, 0.717) is 6.04 Å². The molecule has 0 aromatic heterocycles. The summed E-state index contributed by atoms with van der Waals surface area (Å²) in [5.74, 6) is 0. The fourth-order valence-electron chi connectivity index (χ4n) is 0. The van der Waals surface area contributed by atoms with Gasteiger partial charge in [-0.2, -0.15) is 4.52 Å². The zero-order valence-corrected chi connectivity index (χ0v) is 6.47. The van der Waals surface area contributed by atoms with Crippen molar-refractivity contribution < 1.29 is 9.09 Å². The minimum atomic E-state index is -0.610. The van der Waals surface area contributed by atoms with Crippen LogP contribution in [0.15, 0.2) is 0 Å². The topological polar surface area (TPSA) is 52.3 Å². The van der Waals surface area contributed by atoms with E-state index in [4.69, 9.17) is 10.3 Å². The van der Waals surface area contributed by atoms with Crippen LogP contribution in [0, 0.1) is 0 Å². The maximum atomic E-state index is 9.10. The Balaban J connectivity index is 0. The molecule has 0 aliphatic heterocycles. The van der Waals surface area contributed by atoms with E-state index in [0.717, 1.165) is 0 Å². The van der Waals surface area contributed by atoms with Gasteiger partial charge in [-0.25, -0.2) is 0 Å². The van der Waals surface area contributed by atoms with E-state index in [-0.39, 0.29) is 0 Å². The normalized spacial score (nSPS) is 8.62. The molecule has 0 heterocycles. The molecule has 0 radical (unpaired) electrons. The van der Waals surface area contributed by atoms with Crippen molar-refractivity contribution in [1.82, 2.24) is 0 Å². The van der Waals surface area contributed by atoms with E-state index >= 15 is 0 Å². The third-order valence-electron chi connectivity index (χ3n) is 0.0833. The van der Waals surface area contributed by atoms with Crippen LogP contribution >= 0.6 is 8.69 Å². The maximum absolute atomic E-state index is 9.10. The number of hydrogen-bond donors (Lipinski definition) is 1. The van der Waals surface area contributed by atoms with Crippen LogP contribution in [0.3, 0.4) is 0 Å². The summed E-state index contributed by atoms with van der Waals surface area (Å²) in [6.45, 7) is 3.89. The van der Waals surface area contributed by atoms with Crippen molar-refractivity contribution in [3.05, 3.63) is 0 Å². The zero-order chi connectivity index (χ0) is 6.99. The molecule has 0 saturated carbocycles. The molecule has 3 nitrogen and oxygen atoms in total. The highest BCUT2D eigenvalue weighted by Gasteiger charge is 1.67. The molecule has 0 bridgehead atoms. The highest BCUT2D eigenvalue weighted by Crippen LogP contribution is 1.83. The maximum Gasteiger partial charge on any atom is 0.493 e. The minimum absolute atomic E-state index is 0.333. The number of rotatable bonds is 1. The Kier molecular flexibility index (Phi) is 13.8. The highest BCUT2D eigenvalue weighted by molar-refractivity contribution is 7.17. The molecule has 0 rings (SSSR count). The van der Waals surface area contributed by atoms with Gasteiger partial charge < -0.3 is 5.73 Å². The Hall–Kier alpha value is 0.0200. The molecule has 50 valence electrons. The second kappa shape index (κ2) is 10.1. The van der Waals surface area contributed by atoms with Crippen LogP contribution < -0.4 is 5.73 Å². The van der Waals surface area contributed by atoms with Crippen molar-refractivity contribution in [3.63, 3.8) is 0 Å². The Morgan fingerprint density at radius 2 is 1.75 bits per heavy atom. The van der Waals surface area contributed by atoms with Gasteiger partial charge in [0.25, 0.3) is 0 Å². The van der Waals surface area contributed by atoms with Crippen molar-refractivity contribution in [2.75, 3.05) is 7.11 Å². The van der Waals surface area contributed by atoms with Crippen molar-refractivity contribution in [2.24, 2.45) is 5.73 Å². The summed E-state index contributed by atoms with van der Waals surface area (Å²) in [5, 5.41) is 0.